The second-order valence-electron chi connectivity index (χ2n) is 8.71. The first kappa shape index (κ1) is 23.4. The van der Waals surface area contributed by atoms with Gasteiger partial charge < -0.3 is 14.3 Å². The van der Waals surface area contributed by atoms with Gasteiger partial charge >= 0.3 is 0 Å². The quantitative estimate of drug-likeness (QED) is 0.237. The number of aryl methyl sites for hydroxylation is 1. The van der Waals surface area contributed by atoms with Crippen LogP contribution in [0.15, 0.2) is 70.4 Å². The molecule has 0 bridgehead atoms. The minimum absolute atomic E-state index is 0.137. The predicted molar refractivity (Wildman–Crippen MR) is 137 cm³/mol. The summed E-state index contributed by atoms with van der Waals surface area (Å²) in [6.45, 7) is 0.556. The third-order valence-corrected chi connectivity index (χ3v) is 7.08. The third-order valence-electron chi connectivity index (χ3n) is 6.44. The first-order valence-electron chi connectivity index (χ1n) is 12.1. The Balaban J connectivity index is 1.23. The van der Waals surface area contributed by atoms with Gasteiger partial charge in [0, 0.05) is 30.1 Å². The highest BCUT2D eigenvalue weighted by Crippen LogP contribution is 2.33. The molecule has 1 aliphatic carbocycles. The molecule has 7 nitrogen and oxygen atoms in total. The van der Waals surface area contributed by atoms with Crippen LogP contribution in [-0.2, 0) is 6.42 Å². The fraction of sp³-hybridized carbons (Fsp3) is 0.333. The summed E-state index contributed by atoms with van der Waals surface area (Å²) in [5.41, 5.74) is 2.17. The van der Waals surface area contributed by atoms with E-state index in [0.29, 0.717) is 35.4 Å². The van der Waals surface area contributed by atoms with Crippen molar-refractivity contribution in [3.8, 4) is 22.8 Å². The van der Waals surface area contributed by atoms with Crippen molar-refractivity contribution in [2.24, 2.45) is 0 Å². The molecule has 35 heavy (non-hydrogen) atoms. The molecule has 4 aromatic rings. The van der Waals surface area contributed by atoms with Gasteiger partial charge in [-0.15, -0.1) is 10.2 Å². The van der Waals surface area contributed by atoms with Gasteiger partial charge in [0.15, 0.2) is 10.9 Å². The van der Waals surface area contributed by atoms with E-state index in [4.69, 9.17) is 4.42 Å². The van der Waals surface area contributed by atoms with Crippen LogP contribution in [-0.4, -0.2) is 38.5 Å². The molecule has 0 spiro atoms. The van der Waals surface area contributed by atoms with Crippen molar-refractivity contribution in [3.05, 3.63) is 72.2 Å². The minimum atomic E-state index is -0.137. The number of hydrogen-bond donors (Lipinski definition) is 1. The van der Waals surface area contributed by atoms with E-state index in [-0.39, 0.29) is 5.91 Å². The lowest BCUT2D eigenvalue weighted by Crippen LogP contribution is -2.25. The first-order valence-corrected chi connectivity index (χ1v) is 13.3. The Labute approximate surface area is 209 Å². The average Bonchev–Trinajstić information content (AvgIpc) is 3.67. The Kier molecular flexibility index (Phi) is 7.28. The lowest BCUT2D eigenvalue weighted by Gasteiger charge is -2.16. The molecule has 0 saturated heterocycles. The molecule has 0 atom stereocenters. The van der Waals surface area contributed by atoms with E-state index >= 15 is 0 Å². The van der Waals surface area contributed by atoms with E-state index in [0.717, 1.165) is 29.4 Å². The van der Waals surface area contributed by atoms with Crippen LogP contribution >= 0.6 is 11.8 Å². The Morgan fingerprint density at radius 2 is 1.86 bits per heavy atom. The highest BCUT2D eigenvalue weighted by Gasteiger charge is 2.23. The fourth-order valence-electron chi connectivity index (χ4n) is 4.69. The number of rotatable bonds is 9. The summed E-state index contributed by atoms with van der Waals surface area (Å²) in [6, 6.07) is 17.7. The SMILES string of the molecule is CSc1nnc(CCCNC(=O)c2ccccc2-c2ncc(-c3ccccc3)o2)n1C1CCCC1. The van der Waals surface area contributed by atoms with Gasteiger partial charge in [-0.3, -0.25) is 4.79 Å². The monoisotopic (exact) mass is 487 g/mol. The maximum atomic E-state index is 13.0. The number of aromatic nitrogens is 4. The average molecular weight is 488 g/mol. The Hall–Kier alpha value is -3.39. The molecule has 1 aliphatic rings. The van der Waals surface area contributed by atoms with Crippen molar-refractivity contribution < 1.29 is 9.21 Å². The second kappa shape index (κ2) is 10.9. The maximum absolute atomic E-state index is 13.0. The van der Waals surface area contributed by atoms with E-state index in [1.54, 1.807) is 24.0 Å². The van der Waals surface area contributed by atoms with E-state index in [1.807, 2.05) is 54.8 Å². The van der Waals surface area contributed by atoms with Gasteiger partial charge in [0.1, 0.15) is 5.82 Å². The first-order chi connectivity index (χ1) is 17.2. The summed E-state index contributed by atoms with van der Waals surface area (Å²) >= 11 is 1.65. The number of oxazole rings is 1. The van der Waals surface area contributed by atoms with Gasteiger partial charge in [0.25, 0.3) is 5.91 Å². The summed E-state index contributed by atoms with van der Waals surface area (Å²) in [5, 5.41) is 12.9. The lowest BCUT2D eigenvalue weighted by atomic mass is 10.1. The van der Waals surface area contributed by atoms with Crippen LogP contribution < -0.4 is 5.32 Å². The van der Waals surface area contributed by atoms with Crippen LogP contribution in [0.25, 0.3) is 22.8 Å². The van der Waals surface area contributed by atoms with Crippen LogP contribution in [0.3, 0.4) is 0 Å². The van der Waals surface area contributed by atoms with Gasteiger partial charge in [0.05, 0.1) is 11.8 Å². The van der Waals surface area contributed by atoms with Gasteiger partial charge in [-0.05, 0) is 37.7 Å². The largest absolute Gasteiger partial charge is 0.436 e. The van der Waals surface area contributed by atoms with Crippen molar-refractivity contribution >= 4 is 17.7 Å². The van der Waals surface area contributed by atoms with E-state index in [2.05, 4.69) is 25.1 Å². The lowest BCUT2D eigenvalue weighted by molar-refractivity contribution is 0.0953. The van der Waals surface area contributed by atoms with E-state index in [1.165, 1.54) is 25.7 Å². The molecule has 1 saturated carbocycles. The number of carbonyl (C=O) groups is 1. The standard InChI is InChI=1S/C27H29N5O2S/c1-35-27-31-30-24(32(27)20-12-5-6-13-20)16-9-17-28-25(33)21-14-7-8-15-22(21)26-29-18-23(34-26)19-10-3-2-4-11-19/h2-4,7-8,10-11,14-15,18,20H,5-6,9,12-13,16-17H2,1H3,(H,28,33). The Bertz CT molecular complexity index is 1280. The van der Waals surface area contributed by atoms with Crippen LogP contribution in [0.4, 0.5) is 0 Å². The van der Waals surface area contributed by atoms with Crippen molar-refractivity contribution in [1.29, 1.82) is 0 Å². The highest BCUT2D eigenvalue weighted by atomic mass is 32.2. The third kappa shape index (κ3) is 5.17. The van der Waals surface area contributed by atoms with Crippen molar-refractivity contribution in [3.63, 3.8) is 0 Å². The number of hydrogen-bond acceptors (Lipinski definition) is 6. The highest BCUT2D eigenvalue weighted by molar-refractivity contribution is 7.98. The maximum Gasteiger partial charge on any atom is 0.252 e. The second-order valence-corrected chi connectivity index (χ2v) is 9.49. The normalized spacial score (nSPS) is 13.9. The zero-order valence-corrected chi connectivity index (χ0v) is 20.6. The number of amides is 1. The summed E-state index contributed by atoms with van der Waals surface area (Å²) < 4.78 is 8.31. The van der Waals surface area contributed by atoms with Gasteiger partial charge in [0.2, 0.25) is 5.89 Å². The number of nitrogens with one attached hydrogen (secondary N) is 1. The molecule has 2 heterocycles. The van der Waals surface area contributed by atoms with Crippen molar-refractivity contribution in [1.82, 2.24) is 25.1 Å². The number of thioether (sulfide) groups is 1. The van der Waals surface area contributed by atoms with Gasteiger partial charge in [-0.1, -0.05) is 67.1 Å². The molecule has 5 rings (SSSR count). The topological polar surface area (TPSA) is 85.8 Å². The number of carbonyl (C=O) groups excluding carboxylic acids is 1. The zero-order chi connectivity index (χ0) is 24.0. The minimum Gasteiger partial charge on any atom is -0.436 e. The molecule has 1 fully saturated rings. The molecule has 0 aliphatic heterocycles. The Morgan fingerprint density at radius 1 is 1.09 bits per heavy atom. The van der Waals surface area contributed by atoms with Gasteiger partial charge in [-0.2, -0.15) is 0 Å². The molecule has 1 amide bonds. The number of benzene rings is 2. The molecule has 180 valence electrons. The molecule has 0 radical (unpaired) electrons. The van der Waals surface area contributed by atoms with E-state index < -0.39 is 0 Å². The molecular weight excluding hydrogens is 458 g/mol. The van der Waals surface area contributed by atoms with E-state index in [9.17, 15) is 4.79 Å². The molecule has 8 heteroatoms. The van der Waals surface area contributed by atoms with Crippen molar-refractivity contribution in [2.75, 3.05) is 12.8 Å². The summed E-state index contributed by atoms with van der Waals surface area (Å²) in [6.07, 6.45) is 10.2. The molecule has 1 N–H and O–H groups in total. The molecule has 2 aromatic heterocycles. The predicted octanol–water partition coefficient (Wildman–Crippen LogP) is 5.80. The zero-order valence-electron chi connectivity index (χ0n) is 19.8. The number of nitrogens with zero attached hydrogens (tertiary/aromatic N) is 4. The van der Waals surface area contributed by atoms with Gasteiger partial charge in [-0.25, -0.2) is 4.98 Å². The van der Waals surface area contributed by atoms with Crippen molar-refractivity contribution in [2.45, 2.75) is 49.7 Å². The molecule has 0 unspecified atom stereocenters. The summed E-state index contributed by atoms with van der Waals surface area (Å²) in [5.74, 6) is 1.99. The van der Waals surface area contributed by atoms with Crippen LogP contribution in [0, 0.1) is 0 Å². The summed E-state index contributed by atoms with van der Waals surface area (Å²) in [7, 11) is 0. The Morgan fingerprint density at radius 3 is 2.66 bits per heavy atom. The summed E-state index contributed by atoms with van der Waals surface area (Å²) in [4.78, 5) is 17.5. The smallest absolute Gasteiger partial charge is 0.252 e. The fourth-order valence-corrected chi connectivity index (χ4v) is 5.27. The molecular formula is C27H29N5O2S. The van der Waals surface area contributed by atoms with Crippen LogP contribution in [0.2, 0.25) is 0 Å². The molecule has 2 aromatic carbocycles. The van der Waals surface area contributed by atoms with Crippen LogP contribution in [0.1, 0.15) is 54.3 Å². The van der Waals surface area contributed by atoms with Crippen LogP contribution in [0.5, 0.6) is 0 Å².